The summed E-state index contributed by atoms with van der Waals surface area (Å²) in [6.07, 6.45) is 2.83. The second kappa shape index (κ2) is 10.3. The third-order valence-electron chi connectivity index (χ3n) is 5.10. The van der Waals surface area contributed by atoms with Gasteiger partial charge in [0.2, 0.25) is 0 Å². The summed E-state index contributed by atoms with van der Waals surface area (Å²) in [6, 6.07) is 8.79. The molecule has 3 rings (SSSR count). The minimum Gasteiger partial charge on any atom is -0.497 e. The van der Waals surface area contributed by atoms with Crippen molar-refractivity contribution in [2.45, 2.75) is 31.5 Å². The molecule has 0 bridgehead atoms. The molecular weight excluding hydrogens is 443 g/mol. The maximum Gasteiger partial charge on any atom is 0.193 e. The van der Waals surface area contributed by atoms with Crippen molar-refractivity contribution in [3.8, 4) is 5.75 Å². The first-order valence-electron chi connectivity index (χ1n) is 9.10. The molecule has 2 heterocycles. The summed E-state index contributed by atoms with van der Waals surface area (Å²) < 4.78 is 11.2. The van der Waals surface area contributed by atoms with Gasteiger partial charge in [0.25, 0.3) is 0 Å². The molecule has 6 nitrogen and oxygen atoms in total. The molecule has 26 heavy (non-hydrogen) atoms. The summed E-state index contributed by atoms with van der Waals surface area (Å²) in [6.45, 7) is 4.70. The fraction of sp³-hybridized carbons (Fsp3) is 0.632. The standard InChI is InChI=1S/C19H30N4O2.HI/c1-20-19(22(2)12-15-6-8-17(24-3)9-7-15)21-11-18-13-23-10-4-5-16(23)14-25-18;/h6-9,16,18H,4-5,10-14H2,1-3H3,(H,20,21);1H. The lowest BCUT2D eigenvalue weighted by Gasteiger charge is -2.35. The number of aliphatic imine (C=N–C) groups is 1. The van der Waals surface area contributed by atoms with Gasteiger partial charge in [-0.25, -0.2) is 0 Å². The molecular formula is C19H31IN4O2. The van der Waals surface area contributed by atoms with E-state index in [0.29, 0.717) is 6.04 Å². The Morgan fingerprint density at radius 3 is 2.85 bits per heavy atom. The number of rotatable bonds is 5. The average Bonchev–Trinajstić information content (AvgIpc) is 3.10. The minimum absolute atomic E-state index is 0. The van der Waals surface area contributed by atoms with Gasteiger partial charge in [0.15, 0.2) is 5.96 Å². The van der Waals surface area contributed by atoms with Gasteiger partial charge in [-0.1, -0.05) is 12.1 Å². The van der Waals surface area contributed by atoms with Crippen LogP contribution in [-0.4, -0.2) is 75.4 Å². The van der Waals surface area contributed by atoms with Gasteiger partial charge in [-0.15, -0.1) is 24.0 Å². The number of guanidine groups is 1. The highest BCUT2D eigenvalue weighted by Crippen LogP contribution is 2.22. The number of nitrogens with one attached hydrogen (secondary N) is 1. The molecule has 0 aromatic heterocycles. The topological polar surface area (TPSA) is 49.3 Å². The zero-order valence-corrected chi connectivity index (χ0v) is 18.3. The van der Waals surface area contributed by atoms with E-state index >= 15 is 0 Å². The van der Waals surface area contributed by atoms with Crippen LogP contribution in [0.4, 0.5) is 0 Å². The number of nitrogens with zero attached hydrogens (tertiary/aromatic N) is 3. The highest BCUT2D eigenvalue weighted by atomic mass is 127. The van der Waals surface area contributed by atoms with Crippen LogP contribution < -0.4 is 10.1 Å². The molecule has 2 aliphatic rings. The average molecular weight is 474 g/mol. The van der Waals surface area contributed by atoms with Gasteiger partial charge in [0, 0.05) is 39.8 Å². The highest BCUT2D eigenvalue weighted by molar-refractivity contribution is 14.0. The Balaban J connectivity index is 0.00000243. The van der Waals surface area contributed by atoms with Crippen molar-refractivity contribution < 1.29 is 9.47 Å². The van der Waals surface area contributed by atoms with Crippen LogP contribution in [0.5, 0.6) is 5.75 Å². The first-order chi connectivity index (χ1) is 12.2. The van der Waals surface area contributed by atoms with Gasteiger partial charge in [-0.2, -0.15) is 0 Å². The summed E-state index contributed by atoms with van der Waals surface area (Å²) in [5, 5.41) is 3.46. The molecule has 1 N–H and O–H groups in total. The number of ether oxygens (including phenoxy) is 2. The summed E-state index contributed by atoms with van der Waals surface area (Å²) >= 11 is 0. The van der Waals surface area contributed by atoms with Crippen molar-refractivity contribution in [2.75, 3.05) is 47.4 Å². The van der Waals surface area contributed by atoms with Crippen LogP contribution in [0.2, 0.25) is 0 Å². The number of halogens is 1. The van der Waals surface area contributed by atoms with E-state index < -0.39 is 0 Å². The van der Waals surface area contributed by atoms with E-state index in [1.54, 1.807) is 7.11 Å². The van der Waals surface area contributed by atoms with Crippen molar-refractivity contribution >= 4 is 29.9 Å². The van der Waals surface area contributed by atoms with Crippen LogP contribution in [-0.2, 0) is 11.3 Å². The third kappa shape index (κ3) is 5.47. The maximum absolute atomic E-state index is 6.02. The molecule has 0 radical (unpaired) electrons. The number of hydrogen-bond donors (Lipinski definition) is 1. The fourth-order valence-electron chi connectivity index (χ4n) is 3.68. The molecule has 2 fully saturated rings. The Morgan fingerprint density at radius 2 is 2.15 bits per heavy atom. The van der Waals surface area contributed by atoms with Gasteiger partial charge >= 0.3 is 0 Å². The van der Waals surface area contributed by atoms with Crippen molar-refractivity contribution in [1.29, 1.82) is 0 Å². The molecule has 2 aliphatic heterocycles. The molecule has 7 heteroatoms. The van der Waals surface area contributed by atoms with E-state index in [2.05, 4.69) is 39.3 Å². The van der Waals surface area contributed by atoms with Gasteiger partial charge < -0.3 is 19.7 Å². The van der Waals surface area contributed by atoms with Crippen LogP contribution in [0.1, 0.15) is 18.4 Å². The highest BCUT2D eigenvalue weighted by Gasteiger charge is 2.32. The molecule has 146 valence electrons. The van der Waals surface area contributed by atoms with Crippen molar-refractivity contribution in [2.24, 2.45) is 4.99 Å². The van der Waals surface area contributed by atoms with E-state index in [-0.39, 0.29) is 30.1 Å². The van der Waals surface area contributed by atoms with E-state index in [0.717, 1.165) is 38.0 Å². The molecule has 0 spiro atoms. The van der Waals surface area contributed by atoms with Gasteiger partial charge in [0.1, 0.15) is 5.75 Å². The minimum atomic E-state index is 0. The number of morpholine rings is 1. The van der Waals surface area contributed by atoms with Crippen LogP contribution in [0.3, 0.4) is 0 Å². The number of methoxy groups -OCH3 is 1. The lowest BCUT2D eigenvalue weighted by molar-refractivity contribution is -0.0454. The van der Waals surface area contributed by atoms with E-state index in [4.69, 9.17) is 9.47 Å². The number of benzene rings is 1. The van der Waals surface area contributed by atoms with Crippen LogP contribution in [0.15, 0.2) is 29.3 Å². The summed E-state index contributed by atoms with van der Waals surface area (Å²) in [7, 11) is 5.56. The summed E-state index contributed by atoms with van der Waals surface area (Å²) in [4.78, 5) is 9.10. The van der Waals surface area contributed by atoms with Crippen LogP contribution >= 0.6 is 24.0 Å². The zero-order valence-electron chi connectivity index (χ0n) is 16.0. The number of hydrogen-bond acceptors (Lipinski definition) is 4. The molecule has 0 saturated carbocycles. The second-order valence-electron chi connectivity index (χ2n) is 6.88. The Hall–Kier alpha value is -1.06. The van der Waals surface area contributed by atoms with Crippen LogP contribution in [0, 0.1) is 0 Å². The van der Waals surface area contributed by atoms with Gasteiger partial charge in [-0.05, 0) is 37.1 Å². The Bertz CT molecular complexity index is 581. The maximum atomic E-state index is 6.02. The Morgan fingerprint density at radius 1 is 1.38 bits per heavy atom. The normalized spacial score (nSPS) is 23.1. The zero-order chi connectivity index (χ0) is 17.6. The van der Waals surface area contributed by atoms with Crippen LogP contribution in [0.25, 0.3) is 0 Å². The molecule has 2 unspecified atom stereocenters. The predicted molar refractivity (Wildman–Crippen MR) is 116 cm³/mol. The van der Waals surface area contributed by atoms with Gasteiger partial charge in [-0.3, -0.25) is 9.89 Å². The predicted octanol–water partition coefficient (Wildman–Crippen LogP) is 2.18. The quantitative estimate of drug-likeness (QED) is 0.403. The van der Waals surface area contributed by atoms with Gasteiger partial charge in [0.05, 0.1) is 19.8 Å². The van der Waals surface area contributed by atoms with Crippen molar-refractivity contribution in [3.63, 3.8) is 0 Å². The van der Waals surface area contributed by atoms with E-state index in [1.807, 2.05) is 19.2 Å². The summed E-state index contributed by atoms with van der Waals surface area (Å²) in [5.41, 5.74) is 1.22. The smallest absolute Gasteiger partial charge is 0.193 e. The molecule has 1 aromatic rings. The lowest BCUT2D eigenvalue weighted by Crippen LogP contribution is -2.51. The molecule has 0 aliphatic carbocycles. The second-order valence-corrected chi connectivity index (χ2v) is 6.88. The SMILES string of the molecule is CN=C(NCC1CN2CCCC2CO1)N(C)Cc1ccc(OC)cc1.I. The number of fused-ring (bicyclic) bond motifs is 1. The fourth-order valence-corrected chi connectivity index (χ4v) is 3.68. The summed E-state index contributed by atoms with van der Waals surface area (Å²) in [5.74, 6) is 1.77. The van der Waals surface area contributed by atoms with Crippen molar-refractivity contribution in [3.05, 3.63) is 29.8 Å². The lowest BCUT2D eigenvalue weighted by atomic mass is 10.2. The molecule has 2 atom stereocenters. The van der Waals surface area contributed by atoms with E-state index in [1.165, 1.54) is 24.9 Å². The molecule has 0 amide bonds. The molecule has 2 saturated heterocycles. The first kappa shape index (κ1) is 21.2. The first-order valence-corrected chi connectivity index (χ1v) is 9.10. The monoisotopic (exact) mass is 474 g/mol. The Kier molecular flexibility index (Phi) is 8.43. The Labute approximate surface area is 173 Å². The third-order valence-corrected chi connectivity index (χ3v) is 5.10. The largest absolute Gasteiger partial charge is 0.497 e. The molecule has 1 aromatic carbocycles. The van der Waals surface area contributed by atoms with Crippen molar-refractivity contribution in [1.82, 2.24) is 15.1 Å². The van der Waals surface area contributed by atoms with E-state index in [9.17, 15) is 0 Å².